The third-order valence-electron chi connectivity index (χ3n) is 1.48. The molecule has 0 saturated carbocycles. The molecule has 0 rings (SSSR count). The third-order valence-corrected chi connectivity index (χ3v) is 1.48. The van der Waals surface area contributed by atoms with Crippen LogP contribution in [0.25, 0.3) is 0 Å². The van der Waals surface area contributed by atoms with E-state index in [0.717, 1.165) is 0 Å². The van der Waals surface area contributed by atoms with Crippen molar-refractivity contribution in [3.8, 4) is 0 Å². The summed E-state index contributed by atoms with van der Waals surface area (Å²) in [5.74, 6) is -1.45. The first-order valence-corrected chi connectivity index (χ1v) is 2.95. The zero-order chi connectivity index (χ0) is 7.49. The molecule has 0 aromatic carbocycles. The van der Waals surface area contributed by atoms with Gasteiger partial charge in [-0.25, -0.2) is 0 Å². The average Bonchev–Trinajstić information content (AvgIpc) is 1.86. The Kier molecular flexibility index (Phi) is 3.11. The number of hydrogen-bond donors (Lipinski definition) is 2. The first kappa shape index (κ1) is 8.88. The Hall–Kier alpha value is -0.120. The second-order valence-corrected chi connectivity index (χ2v) is 2.36. The molecule has 9 heavy (non-hydrogen) atoms. The lowest BCUT2D eigenvalue weighted by atomic mass is 10.0. The van der Waals surface area contributed by atoms with Gasteiger partial charge in [0.25, 0.3) is 0 Å². The summed E-state index contributed by atoms with van der Waals surface area (Å²) < 4.78 is 4.65. The molecule has 0 bridgehead atoms. The Morgan fingerprint density at radius 3 is 2.00 bits per heavy atom. The minimum absolute atomic E-state index is 0.0903. The molecule has 0 amide bonds. The highest BCUT2D eigenvalue weighted by molar-refractivity contribution is 4.68. The van der Waals surface area contributed by atoms with Crippen LogP contribution in [0.15, 0.2) is 0 Å². The van der Waals surface area contributed by atoms with Crippen LogP contribution in [0.4, 0.5) is 0 Å². The predicted octanol–water partition coefficient (Wildman–Crippen LogP) is -0.0303. The standard InChI is InChI=1S/C6H14O3/c1-5(2)6(8,4-7)9-3/h5,7-8H,4H2,1-3H3. The van der Waals surface area contributed by atoms with Crippen molar-refractivity contribution in [2.45, 2.75) is 19.6 Å². The molecule has 0 aromatic heterocycles. The number of rotatable bonds is 3. The predicted molar refractivity (Wildman–Crippen MR) is 33.9 cm³/mol. The summed E-state index contributed by atoms with van der Waals surface area (Å²) in [6, 6.07) is 0. The van der Waals surface area contributed by atoms with Crippen molar-refractivity contribution in [2.24, 2.45) is 5.92 Å². The topological polar surface area (TPSA) is 49.7 Å². The number of methoxy groups -OCH3 is 1. The largest absolute Gasteiger partial charge is 0.391 e. The zero-order valence-electron chi connectivity index (χ0n) is 6.09. The van der Waals surface area contributed by atoms with Crippen LogP contribution >= 0.6 is 0 Å². The Labute approximate surface area is 55.3 Å². The van der Waals surface area contributed by atoms with Crippen LogP contribution < -0.4 is 0 Å². The van der Waals surface area contributed by atoms with E-state index >= 15 is 0 Å². The molecule has 0 aliphatic carbocycles. The van der Waals surface area contributed by atoms with Crippen molar-refractivity contribution < 1.29 is 14.9 Å². The van der Waals surface area contributed by atoms with Crippen LogP contribution in [0.1, 0.15) is 13.8 Å². The fourth-order valence-corrected chi connectivity index (χ4v) is 0.483. The monoisotopic (exact) mass is 134 g/mol. The molecule has 3 nitrogen and oxygen atoms in total. The molecule has 0 aromatic rings. The van der Waals surface area contributed by atoms with Gasteiger partial charge in [0.1, 0.15) is 0 Å². The van der Waals surface area contributed by atoms with E-state index in [-0.39, 0.29) is 12.5 Å². The maximum Gasteiger partial charge on any atom is 0.191 e. The maximum atomic E-state index is 9.23. The number of ether oxygens (including phenoxy) is 1. The van der Waals surface area contributed by atoms with Crippen molar-refractivity contribution in [3.63, 3.8) is 0 Å². The van der Waals surface area contributed by atoms with E-state index in [0.29, 0.717) is 0 Å². The smallest absolute Gasteiger partial charge is 0.191 e. The van der Waals surface area contributed by atoms with Gasteiger partial charge in [0, 0.05) is 13.0 Å². The fraction of sp³-hybridized carbons (Fsp3) is 1.00. The van der Waals surface area contributed by atoms with Crippen molar-refractivity contribution in [1.82, 2.24) is 0 Å². The Balaban J connectivity index is 3.92. The van der Waals surface area contributed by atoms with Crippen LogP contribution in [0.2, 0.25) is 0 Å². The first-order valence-electron chi connectivity index (χ1n) is 2.95. The molecule has 0 aliphatic heterocycles. The van der Waals surface area contributed by atoms with Gasteiger partial charge in [0.2, 0.25) is 0 Å². The highest BCUT2D eigenvalue weighted by atomic mass is 16.6. The summed E-state index contributed by atoms with van der Waals surface area (Å²) in [4.78, 5) is 0. The van der Waals surface area contributed by atoms with Gasteiger partial charge < -0.3 is 14.9 Å². The summed E-state index contributed by atoms with van der Waals surface area (Å²) in [5, 5.41) is 17.8. The minimum Gasteiger partial charge on any atom is -0.391 e. The minimum atomic E-state index is -1.36. The number of aliphatic hydroxyl groups excluding tert-OH is 1. The maximum absolute atomic E-state index is 9.23. The van der Waals surface area contributed by atoms with Gasteiger partial charge >= 0.3 is 0 Å². The van der Waals surface area contributed by atoms with Crippen LogP contribution in [0, 0.1) is 5.92 Å². The fourth-order valence-electron chi connectivity index (χ4n) is 0.483. The molecule has 0 fully saturated rings. The van der Waals surface area contributed by atoms with Crippen LogP contribution in [-0.2, 0) is 4.74 Å². The zero-order valence-corrected chi connectivity index (χ0v) is 6.09. The molecule has 0 spiro atoms. The molecule has 56 valence electrons. The van der Waals surface area contributed by atoms with E-state index in [2.05, 4.69) is 4.74 Å². The number of hydrogen-bond acceptors (Lipinski definition) is 3. The molecular formula is C6H14O3. The van der Waals surface area contributed by atoms with Gasteiger partial charge in [0.15, 0.2) is 5.79 Å². The summed E-state index contributed by atoms with van der Waals surface area (Å²) >= 11 is 0. The molecule has 3 heteroatoms. The van der Waals surface area contributed by atoms with E-state index in [9.17, 15) is 5.11 Å². The van der Waals surface area contributed by atoms with Gasteiger partial charge in [0.05, 0.1) is 6.61 Å². The molecule has 0 saturated heterocycles. The Bertz CT molecular complexity index is 76.4. The molecule has 0 heterocycles. The summed E-state index contributed by atoms with van der Waals surface area (Å²) in [7, 11) is 1.37. The Morgan fingerprint density at radius 2 is 2.00 bits per heavy atom. The molecule has 1 unspecified atom stereocenters. The van der Waals surface area contributed by atoms with Crippen molar-refractivity contribution in [1.29, 1.82) is 0 Å². The van der Waals surface area contributed by atoms with Crippen molar-refractivity contribution in [2.75, 3.05) is 13.7 Å². The lowest BCUT2D eigenvalue weighted by Gasteiger charge is -2.27. The second kappa shape index (κ2) is 3.15. The highest BCUT2D eigenvalue weighted by Gasteiger charge is 2.29. The average molecular weight is 134 g/mol. The second-order valence-electron chi connectivity index (χ2n) is 2.36. The SMILES string of the molecule is COC(O)(CO)C(C)C. The van der Waals surface area contributed by atoms with E-state index in [4.69, 9.17) is 5.11 Å². The first-order chi connectivity index (χ1) is 4.06. The molecular weight excluding hydrogens is 120 g/mol. The third kappa shape index (κ3) is 1.93. The van der Waals surface area contributed by atoms with E-state index in [1.807, 2.05) is 0 Å². The van der Waals surface area contributed by atoms with Crippen LogP contribution in [0.3, 0.4) is 0 Å². The molecule has 1 atom stereocenters. The van der Waals surface area contributed by atoms with Gasteiger partial charge in [-0.15, -0.1) is 0 Å². The van der Waals surface area contributed by atoms with Crippen molar-refractivity contribution >= 4 is 0 Å². The van der Waals surface area contributed by atoms with Crippen LogP contribution in [-0.4, -0.2) is 29.7 Å². The van der Waals surface area contributed by atoms with Gasteiger partial charge in [-0.05, 0) is 0 Å². The van der Waals surface area contributed by atoms with E-state index in [1.54, 1.807) is 13.8 Å². The van der Waals surface area contributed by atoms with Gasteiger partial charge in [-0.2, -0.15) is 0 Å². The summed E-state index contributed by atoms with van der Waals surface area (Å²) in [5.41, 5.74) is 0. The summed E-state index contributed by atoms with van der Waals surface area (Å²) in [6.07, 6.45) is 0. The van der Waals surface area contributed by atoms with E-state index in [1.165, 1.54) is 7.11 Å². The van der Waals surface area contributed by atoms with Gasteiger partial charge in [-0.1, -0.05) is 13.8 Å². The number of aliphatic hydroxyl groups is 2. The highest BCUT2D eigenvalue weighted by Crippen LogP contribution is 2.15. The lowest BCUT2D eigenvalue weighted by molar-refractivity contribution is -0.234. The van der Waals surface area contributed by atoms with E-state index < -0.39 is 5.79 Å². The molecule has 2 N–H and O–H groups in total. The molecule has 0 radical (unpaired) electrons. The van der Waals surface area contributed by atoms with Crippen molar-refractivity contribution in [3.05, 3.63) is 0 Å². The quantitative estimate of drug-likeness (QED) is 0.533. The lowest BCUT2D eigenvalue weighted by Crippen LogP contribution is -2.40. The van der Waals surface area contributed by atoms with Crippen LogP contribution in [0.5, 0.6) is 0 Å². The van der Waals surface area contributed by atoms with Gasteiger partial charge in [-0.3, -0.25) is 0 Å². The Morgan fingerprint density at radius 1 is 1.56 bits per heavy atom. The summed E-state index contributed by atoms with van der Waals surface area (Å²) in [6.45, 7) is 3.20. The normalized spacial score (nSPS) is 18.0. The molecule has 0 aliphatic rings.